The summed E-state index contributed by atoms with van der Waals surface area (Å²) in [4.78, 5) is 14.4. The molecule has 0 aromatic rings. The van der Waals surface area contributed by atoms with Crippen LogP contribution < -0.4 is 0 Å². The summed E-state index contributed by atoms with van der Waals surface area (Å²) in [6.07, 6.45) is 1.59. The third-order valence-corrected chi connectivity index (χ3v) is 1.59. The molecule has 1 aliphatic carbocycles. The van der Waals surface area contributed by atoms with Crippen LogP contribution in [0.3, 0.4) is 0 Å². The van der Waals surface area contributed by atoms with Gasteiger partial charge in [-0.05, 0) is 19.6 Å². The number of nitrogens with zero attached hydrogens (tertiary/aromatic N) is 1. The van der Waals surface area contributed by atoms with Crippen LogP contribution in [0.1, 0.15) is 12.8 Å². The Morgan fingerprint density at radius 1 is 1.70 bits per heavy atom. The van der Waals surface area contributed by atoms with Crippen molar-refractivity contribution in [3.63, 3.8) is 0 Å². The number of esters is 1. The number of hydrogen-bond donors (Lipinski definition) is 0. The molecule has 0 radical (unpaired) electrons. The molecule has 0 amide bonds. The second-order valence-corrected chi connectivity index (χ2v) is 2.18. The fourth-order valence-electron chi connectivity index (χ4n) is 0.735. The second-order valence-electron chi connectivity index (χ2n) is 2.18. The average molecular weight is 164 g/mol. The maximum atomic E-state index is 10.8. The molecule has 1 aliphatic rings. The highest BCUT2D eigenvalue weighted by Crippen LogP contribution is 2.40. The highest BCUT2D eigenvalue weighted by Gasteiger charge is 2.50. The number of carbonyl (C=O) groups is 1. The Kier molecular flexibility index (Phi) is 2.84. The van der Waals surface area contributed by atoms with Crippen molar-refractivity contribution in [2.75, 3.05) is 7.11 Å². The maximum absolute atomic E-state index is 10.8. The Balaban J connectivity index is 0.000000810. The van der Waals surface area contributed by atoms with Gasteiger partial charge in [-0.3, -0.25) is 4.99 Å². The van der Waals surface area contributed by atoms with E-state index < -0.39 is 5.54 Å². The summed E-state index contributed by atoms with van der Waals surface area (Å²) in [6, 6.07) is 0. The molecule has 0 N–H and O–H groups in total. The number of rotatable bonds is 2. The van der Waals surface area contributed by atoms with Gasteiger partial charge in [-0.15, -0.1) is 12.4 Å². The first-order valence-corrected chi connectivity index (χ1v) is 2.81. The lowest BCUT2D eigenvalue weighted by Gasteiger charge is -2.03. The molecule has 1 saturated carbocycles. The summed E-state index contributed by atoms with van der Waals surface area (Å²) >= 11 is 0. The predicted octanol–water partition coefficient (Wildman–Crippen LogP) is 0.814. The Bertz CT molecular complexity index is 154. The molecule has 0 saturated heterocycles. The van der Waals surface area contributed by atoms with Crippen LogP contribution in [0.15, 0.2) is 4.99 Å². The zero-order chi connectivity index (χ0) is 6.91. The summed E-state index contributed by atoms with van der Waals surface area (Å²) in [5.74, 6) is -0.252. The van der Waals surface area contributed by atoms with Crippen LogP contribution in [0.2, 0.25) is 0 Å². The van der Waals surface area contributed by atoms with E-state index in [9.17, 15) is 4.79 Å². The molecule has 0 aliphatic heterocycles. The maximum Gasteiger partial charge on any atom is 0.333 e. The zero-order valence-electron chi connectivity index (χ0n) is 5.79. The summed E-state index contributed by atoms with van der Waals surface area (Å²) in [6.45, 7) is 3.31. The fourth-order valence-corrected chi connectivity index (χ4v) is 0.735. The first-order valence-electron chi connectivity index (χ1n) is 2.81. The van der Waals surface area contributed by atoms with E-state index in [4.69, 9.17) is 0 Å². The Hall–Kier alpha value is -0.570. The van der Waals surface area contributed by atoms with E-state index in [0.29, 0.717) is 0 Å². The minimum Gasteiger partial charge on any atom is -0.467 e. The van der Waals surface area contributed by atoms with Crippen molar-refractivity contribution < 1.29 is 9.53 Å². The Labute approximate surface area is 65.9 Å². The number of methoxy groups -OCH3 is 1. The topological polar surface area (TPSA) is 38.7 Å². The number of carbonyl (C=O) groups excluding carboxylic acids is 1. The van der Waals surface area contributed by atoms with E-state index in [1.54, 1.807) is 0 Å². The van der Waals surface area contributed by atoms with E-state index in [1.807, 2.05) is 0 Å². The summed E-state index contributed by atoms with van der Waals surface area (Å²) in [5.41, 5.74) is -0.547. The summed E-state index contributed by atoms with van der Waals surface area (Å²) in [7, 11) is 1.37. The van der Waals surface area contributed by atoms with Crippen molar-refractivity contribution in [3.05, 3.63) is 0 Å². The van der Waals surface area contributed by atoms with Gasteiger partial charge in [-0.1, -0.05) is 0 Å². The Morgan fingerprint density at radius 2 is 2.20 bits per heavy atom. The molecule has 10 heavy (non-hydrogen) atoms. The predicted molar refractivity (Wildman–Crippen MR) is 40.8 cm³/mol. The lowest BCUT2D eigenvalue weighted by atomic mass is 10.3. The molecule has 0 bridgehead atoms. The minimum atomic E-state index is -0.547. The first-order chi connectivity index (χ1) is 4.25. The standard InChI is InChI=1S/C6H9NO2.ClH/c1-7-6(3-4-6)5(8)9-2;/h1,3-4H2,2H3;1H. The van der Waals surface area contributed by atoms with Crippen LogP contribution in [0, 0.1) is 0 Å². The molecule has 4 heteroatoms. The molecule has 1 rings (SSSR count). The monoisotopic (exact) mass is 163 g/mol. The highest BCUT2D eigenvalue weighted by atomic mass is 35.5. The molecule has 0 unspecified atom stereocenters. The van der Waals surface area contributed by atoms with Gasteiger partial charge in [0.1, 0.15) is 0 Å². The quantitative estimate of drug-likeness (QED) is 0.447. The molecular formula is C6H10ClNO2. The molecule has 0 aromatic heterocycles. The van der Waals surface area contributed by atoms with Crippen LogP contribution in [0.4, 0.5) is 0 Å². The van der Waals surface area contributed by atoms with Gasteiger partial charge in [0.05, 0.1) is 7.11 Å². The molecule has 1 fully saturated rings. The second kappa shape index (κ2) is 3.01. The van der Waals surface area contributed by atoms with Crippen molar-refractivity contribution in [3.8, 4) is 0 Å². The molecular weight excluding hydrogens is 154 g/mol. The molecule has 0 spiro atoms. The number of halogens is 1. The van der Waals surface area contributed by atoms with Gasteiger partial charge in [-0.2, -0.15) is 0 Å². The van der Waals surface area contributed by atoms with Crippen LogP contribution in [0.5, 0.6) is 0 Å². The van der Waals surface area contributed by atoms with E-state index in [-0.39, 0.29) is 18.4 Å². The van der Waals surface area contributed by atoms with Gasteiger partial charge in [0.15, 0.2) is 5.54 Å². The number of ether oxygens (including phenoxy) is 1. The average Bonchev–Trinajstić information content (AvgIpc) is 2.66. The summed E-state index contributed by atoms with van der Waals surface area (Å²) in [5, 5.41) is 0. The fraction of sp³-hybridized carbons (Fsp3) is 0.667. The third kappa shape index (κ3) is 1.29. The molecule has 58 valence electrons. The zero-order valence-corrected chi connectivity index (χ0v) is 6.61. The van der Waals surface area contributed by atoms with Crippen LogP contribution >= 0.6 is 12.4 Å². The van der Waals surface area contributed by atoms with E-state index >= 15 is 0 Å². The number of aliphatic imine (C=N–C) groups is 1. The van der Waals surface area contributed by atoms with Crippen molar-refractivity contribution >= 4 is 25.1 Å². The van der Waals surface area contributed by atoms with Gasteiger partial charge in [-0.25, -0.2) is 4.79 Å². The minimum absolute atomic E-state index is 0. The van der Waals surface area contributed by atoms with Crippen LogP contribution in [-0.4, -0.2) is 25.3 Å². The normalized spacial score (nSPS) is 18.5. The molecule has 0 aromatic carbocycles. The first kappa shape index (κ1) is 9.43. The van der Waals surface area contributed by atoms with Crippen LogP contribution in [-0.2, 0) is 9.53 Å². The van der Waals surface area contributed by atoms with Gasteiger partial charge < -0.3 is 4.74 Å². The van der Waals surface area contributed by atoms with E-state index in [2.05, 4.69) is 16.4 Å². The van der Waals surface area contributed by atoms with Crippen molar-refractivity contribution in [2.45, 2.75) is 18.4 Å². The lowest BCUT2D eigenvalue weighted by molar-refractivity contribution is -0.143. The van der Waals surface area contributed by atoms with Gasteiger partial charge >= 0.3 is 5.97 Å². The van der Waals surface area contributed by atoms with Gasteiger partial charge in [0.2, 0.25) is 0 Å². The van der Waals surface area contributed by atoms with E-state index in [1.165, 1.54) is 7.11 Å². The molecule has 0 heterocycles. The van der Waals surface area contributed by atoms with Crippen LogP contribution in [0.25, 0.3) is 0 Å². The van der Waals surface area contributed by atoms with Crippen molar-refractivity contribution in [2.24, 2.45) is 4.99 Å². The lowest BCUT2D eigenvalue weighted by Crippen LogP contribution is -2.20. The summed E-state index contributed by atoms with van der Waals surface area (Å²) < 4.78 is 4.50. The largest absolute Gasteiger partial charge is 0.467 e. The van der Waals surface area contributed by atoms with Crippen molar-refractivity contribution in [1.29, 1.82) is 0 Å². The van der Waals surface area contributed by atoms with Gasteiger partial charge in [0, 0.05) is 0 Å². The Morgan fingerprint density at radius 3 is 2.30 bits per heavy atom. The third-order valence-electron chi connectivity index (χ3n) is 1.59. The SMILES string of the molecule is C=NC1(C(=O)OC)CC1.Cl. The molecule has 0 atom stereocenters. The number of hydrogen-bond acceptors (Lipinski definition) is 3. The smallest absolute Gasteiger partial charge is 0.333 e. The van der Waals surface area contributed by atoms with Gasteiger partial charge in [0.25, 0.3) is 0 Å². The van der Waals surface area contributed by atoms with Crippen molar-refractivity contribution in [1.82, 2.24) is 0 Å². The highest BCUT2D eigenvalue weighted by molar-refractivity contribution is 5.85. The van der Waals surface area contributed by atoms with E-state index in [0.717, 1.165) is 12.8 Å². The molecule has 3 nitrogen and oxygen atoms in total.